The van der Waals surface area contributed by atoms with Crippen molar-refractivity contribution in [1.29, 1.82) is 0 Å². The second-order valence-electron chi connectivity index (χ2n) is 6.83. The first-order chi connectivity index (χ1) is 12.0. The van der Waals surface area contributed by atoms with Crippen molar-refractivity contribution in [3.63, 3.8) is 0 Å². The van der Waals surface area contributed by atoms with Gasteiger partial charge in [0.05, 0.1) is 11.5 Å². The third kappa shape index (κ3) is 3.51. The SMILES string of the molecule is O=C(COc1ccc2oc3c(c2c1)CCCC3)N[C@@H]1CCS(=O)(=O)C1. The Hall–Kier alpha value is -2.02. The van der Waals surface area contributed by atoms with E-state index in [2.05, 4.69) is 5.32 Å². The first-order valence-electron chi connectivity index (χ1n) is 8.67. The molecule has 1 fully saturated rings. The summed E-state index contributed by atoms with van der Waals surface area (Å²) in [6, 6.07) is 5.30. The molecule has 25 heavy (non-hydrogen) atoms. The van der Waals surface area contributed by atoms with Gasteiger partial charge in [0.15, 0.2) is 16.4 Å². The van der Waals surface area contributed by atoms with Crippen LogP contribution in [0.3, 0.4) is 0 Å². The molecule has 0 spiro atoms. The van der Waals surface area contributed by atoms with Crippen molar-refractivity contribution >= 4 is 26.7 Å². The molecule has 0 radical (unpaired) electrons. The molecule has 1 atom stereocenters. The lowest BCUT2D eigenvalue weighted by Crippen LogP contribution is -2.38. The first-order valence-corrected chi connectivity index (χ1v) is 10.5. The molecule has 6 nitrogen and oxygen atoms in total. The number of carbonyl (C=O) groups excluding carboxylic acids is 1. The topological polar surface area (TPSA) is 85.6 Å². The highest BCUT2D eigenvalue weighted by Gasteiger charge is 2.28. The standard InChI is InChI=1S/C18H21NO5S/c20-18(19-12-7-8-25(21,22)11-12)10-23-13-5-6-17-15(9-13)14-3-1-2-4-16(14)24-17/h5-6,9,12H,1-4,7-8,10-11H2,(H,19,20)/t12-/m1/s1. The van der Waals surface area contributed by atoms with Gasteiger partial charge >= 0.3 is 0 Å². The summed E-state index contributed by atoms with van der Waals surface area (Å²) < 4.78 is 34.3. The zero-order valence-corrected chi connectivity index (χ0v) is 14.7. The van der Waals surface area contributed by atoms with Crippen LogP contribution in [-0.4, -0.2) is 38.5 Å². The normalized spacial score (nSPS) is 21.8. The second-order valence-corrected chi connectivity index (χ2v) is 9.05. The van der Waals surface area contributed by atoms with E-state index in [1.807, 2.05) is 12.1 Å². The number of hydrogen-bond donors (Lipinski definition) is 1. The Morgan fingerprint density at radius 3 is 2.92 bits per heavy atom. The van der Waals surface area contributed by atoms with E-state index in [1.165, 1.54) is 12.0 Å². The predicted molar refractivity (Wildman–Crippen MR) is 93.6 cm³/mol. The maximum absolute atomic E-state index is 12.0. The van der Waals surface area contributed by atoms with Crippen LogP contribution in [0, 0.1) is 0 Å². The zero-order chi connectivity index (χ0) is 17.4. The lowest BCUT2D eigenvalue weighted by Gasteiger charge is -2.12. The number of benzene rings is 1. The van der Waals surface area contributed by atoms with E-state index in [4.69, 9.17) is 9.15 Å². The molecule has 2 aliphatic rings. The van der Waals surface area contributed by atoms with Crippen molar-refractivity contribution in [1.82, 2.24) is 5.32 Å². The van der Waals surface area contributed by atoms with Gasteiger partial charge < -0.3 is 14.5 Å². The number of amides is 1. The number of sulfone groups is 1. The van der Waals surface area contributed by atoms with Gasteiger partial charge in [0.25, 0.3) is 5.91 Å². The Balaban J connectivity index is 1.40. The van der Waals surface area contributed by atoms with Gasteiger partial charge in [-0.3, -0.25) is 4.79 Å². The molecule has 2 heterocycles. The van der Waals surface area contributed by atoms with Gasteiger partial charge in [-0.2, -0.15) is 0 Å². The summed E-state index contributed by atoms with van der Waals surface area (Å²) in [5.41, 5.74) is 2.12. The number of furan rings is 1. The summed E-state index contributed by atoms with van der Waals surface area (Å²) in [6.45, 7) is -0.123. The lowest BCUT2D eigenvalue weighted by molar-refractivity contribution is -0.123. The van der Waals surface area contributed by atoms with Gasteiger partial charge in [-0.15, -0.1) is 0 Å². The fourth-order valence-corrected chi connectivity index (χ4v) is 5.33. The zero-order valence-electron chi connectivity index (χ0n) is 13.9. The van der Waals surface area contributed by atoms with Gasteiger partial charge in [0.2, 0.25) is 0 Å². The van der Waals surface area contributed by atoms with Gasteiger partial charge in [-0.1, -0.05) is 0 Å². The number of nitrogens with one attached hydrogen (secondary N) is 1. The van der Waals surface area contributed by atoms with Crippen LogP contribution in [0.1, 0.15) is 30.6 Å². The molecular formula is C18H21NO5S. The Bertz CT molecular complexity index is 915. The number of ether oxygens (including phenoxy) is 1. The molecule has 1 aromatic heterocycles. The van der Waals surface area contributed by atoms with Gasteiger partial charge in [0, 0.05) is 23.4 Å². The van der Waals surface area contributed by atoms with Crippen LogP contribution >= 0.6 is 0 Å². The molecule has 0 saturated carbocycles. The fraction of sp³-hybridized carbons (Fsp3) is 0.500. The van der Waals surface area contributed by atoms with Gasteiger partial charge in [-0.25, -0.2) is 8.42 Å². The minimum atomic E-state index is -3.00. The minimum absolute atomic E-state index is 0.0197. The van der Waals surface area contributed by atoms with Crippen LogP contribution < -0.4 is 10.1 Å². The molecule has 0 unspecified atom stereocenters. The molecule has 1 aliphatic heterocycles. The molecule has 0 bridgehead atoms. The number of hydrogen-bond acceptors (Lipinski definition) is 5. The summed E-state index contributed by atoms with van der Waals surface area (Å²) in [5, 5.41) is 3.79. The number of rotatable bonds is 4. The molecule has 1 amide bonds. The molecule has 7 heteroatoms. The van der Waals surface area contributed by atoms with Crippen LogP contribution in [0.15, 0.2) is 22.6 Å². The summed E-state index contributed by atoms with van der Waals surface area (Å²) in [7, 11) is -3.00. The molecule has 4 rings (SSSR count). The minimum Gasteiger partial charge on any atom is -0.484 e. The van der Waals surface area contributed by atoms with E-state index in [-0.39, 0.29) is 30.1 Å². The molecule has 1 saturated heterocycles. The number of aryl methyl sites for hydroxylation is 2. The van der Waals surface area contributed by atoms with Gasteiger partial charge in [0.1, 0.15) is 17.1 Å². The highest BCUT2D eigenvalue weighted by atomic mass is 32.2. The van der Waals surface area contributed by atoms with Crippen molar-refractivity contribution in [2.45, 2.75) is 38.1 Å². The van der Waals surface area contributed by atoms with Crippen LogP contribution in [0.4, 0.5) is 0 Å². The monoisotopic (exact) mass is 363 g/mol. The van der Waals surface area contributed by atoms with E-state index in [1.54, 1.807) is 6.07 Å². The number of carbonyl (C=O) groups is 1. The van der Waals surface area contributed by atoms with Crippen LogP contribution in [0.5, 0.6) is 5.75 Å². The molecule has 1 N–H and O–H groups in total. The largest absolute Gasteiger partial charge is 0.484 e. The van der Waals surface area contributed by atoms with Crippen LogP contribution in [-0.2, 0) is 27.5 Å². The third-order valence-electron chi connectivity index (χ3n) is 4.89. The summed E-state index contributed by atoms with van der Waals surface area (Å²) in [6.07, 6.45) is 4.79. The van der Waals surface area contributed by atoms with Crippen molar-refractivity contribution in [2.75, 3.05) is 18.1 Å². The van der Waals surface area contributed by atoms with E-state index < -0.39 is 9.84 Å². The highest BCUT2D eigenvalue weighted by molar-refractivity contribution is 7.91. The summed E-state index contributed by atoms with van der Waals surface area (Å²) >= 11 is 0. The summed E-state index contributed by atoms with van der Waals surface area (Å²) in [4.78, 5) is 12.0. The predicted octanol–water partition coefficient (Wildman–Crippen LogP) is 1.99. The van der Waals surface area contributed by atoms with E-state index >= 15 is 0 Å². The van der Waals surface area contributed by atoms with Crippen molar-refractivity contribution in [2.24, 2.45) is 0 Å². The third-order valence-corrected chi connectivity index (χ3v) is 6.66. The number of fused-ring (bicyclic) bond motifs is 3. The summed E-state index contributed by atoms with van der Waals surface area (Å²) in [5.74, 6) is 1.55. The Kier molecular flexibility index (Phi) is 4.19. The highest BCUT2D eigenvalue weighted by Crippen LogP contribution is 2.33. The fourth-order valence-electron chi connectivity index (χ4n) is 3.66. The quantitative estimate of drug-likeness (QED) is 0.898. The molecule has 1 aliphatic carbocycles. The van der Waals surface area contributed by atoms with E-state index in [9.17, 15) is 13.2 Å². The molecular weight excluding hydrogens is 342 g/mol. The van der Waals surface area contributed by atoms with Crippen LogP contribution in [0.2, 0.25) is 0 Å². The maximum atomic E-state index is 12.0. The van der Waals surface area contributed by atoms with Crippen molar-refractivity contribution in [3.05, 3.63) is 29.5 Å². The Morgan fingerprint density at radius 1 is 1.28 bits per heavy atom. The molecule has 1 aromatic carbocycles. The average Bonchev–Trinajstić information content (AvgIpc) is 3.12. The average molecular weight is 363 g/mol. The second kappa shape index (κ2) is 6.37. The van der Waals surface area contributed by atoms with E-state index in [0.29, 0.717) is 12.2 Å². The molecule has 134 valence electrons. The van der Waals surface area contributed by atoms with Gasteiger partial charge in [-0.05, 0) is 43.9 Å². The first kappa shape index (κ1) is 16.4. The van der Waals surface area contributed by atoms with Crippen LogP contribution in [0.25, 0.3) is 11.0 Å². The van der Waals surface area contributed by atoms with Crippen molar-refractivity contribution < 1.29 is 22.4 Å². The van der Waals surface area contributed by atoms with E-state index in [0.717, 1.165) is 36.0 Å². The smallest absolute Gasteiger partial charge is 0.258 e. The molecule has 2 aromatic rings. The maximum Gasteiger partial charge on any atom is 0.258 e. The van der Waals surface area contributed by atoms with Crippen molar-refractivity contribution in [3.8, 4) is 5.75 Å². The Labute approximate surface area is 146 Å². The lowest BCUT2D eigenvalue weighted by atomic mass is 9.96. The Morgan fingerprint density at radius 2 is 2.12 bits per heavy atom.